The van der Waals surface area contributed by atoms with Gasteiger partial charge in [-0.15, -0.1) is 0 Å². The van der Waals surface area contributed by atoms with Gasteiger partial charge in [0, 0.05) is 40.3 Å². The van der Waals surface area contributed by atoms with E-state index in [1.54, 1.807) is 21.1 Å². The van der Waals surface area contributed by atoms with E-state index < -0.39 is 0 Å². The lowest BCUT2D eigenvalue weighted by atomic mass is 9.78. The standard InChI is InChI=1S/C21H30N4O6/c1-14-16(12-27-2)19(24-30-14)20(26)25-7-5-21(6-8-25)11-15(4-9-29-21)10-17-22-18(13-28-3)31-23-17/h15H,4-13H2,1-3H3. The maximum absolute atomic E-state index is 13.0. The van der Waals surface area contributed by atoms with Crippen LogP contribution in [0.1, 0.15) is 59.2 Å². The molecule has 10 heteroatoms. The predicted molar refractivity (Wildman–Crippen MR) is 107 cm³/mol. The number of ether oxygens (including phenoxy) is 3. The smallest absolute Gasteiger partial charge is 0.276 e. The lowest BCUT2D eigenvalue weighted by molar-refractivity contribution is -0.123. The molecule has 170 valence electrons. The molecule has 2 aromatic heterocycles. The van der Waals surface area contributed by atoms with Crippen LogP contribution in [0, 0.1) is 12.8 Å². The first-order valence-electron chi connectivity index (χ1n) is 10.7. The molecule has 1 atom stereocenters. The minimum absolute atomic E-state index is 0.108. The molecule has 1 spiro atoms. The topological polar surface area (TPSA) is 113 Å². The minimum atomic E-state index is -0.201. The Morgan fingerprint density at radius 1 is 1.16 bits per heavy atom. The maximum Gasteiger partial charge on any atom is 0.276 e. The highest BCUT2D eigenvalue weighted by Crippen LogP contribution is 2.39. The summed E-state index contributed by atoms with van der Waals surface area (Å²) in [7, 11) is 3.19. The van der Waals surface area contributed by atoms with Crippen molar-refractivity contribution in [3.8, 4) is 0 Å². The summed E-state index contributed by atoms with van der Waals surface area (Å²) in [6.07, 6.45) is 4.26. The van der Waals surface area contributed by atoms with Gasteiger partial charge in [-0.05, 0) is 38.5 Å². The number of rotatable bonds is 7. The van der Waals surface area contributed by atoms with E-state index in [2.05, 4.69) is 15.3 Å². The van der Waals surface area contributed by atoms with Crippen LogP contribution in [0.3, 0.4) is 0 Å². The molecule has 0 N–H and O–H groups in total. The lowest BCUT2D eigenvalue weighted by Crippen LogP contribution is -2.51. The fourth-order valence-corrected chi connectivity index (χ4v) is 4.61. The summed E-state index contributed by atoms with van der Waals surface area (Å²) in [6, 6.07) is 0. The van der Waals surface area contributed by atoms with Gasteiger partial charge in [-0.1, -0.05) is 10.3 Å². The maximum atomic E-state index is 13.0. The Hall–Kier alpha value is -2.30. The molecule has 2 aromatic rings. The lowest BCUT2D eigenvalue weighted by Gasteiger charge is -2.46. The van der Waals surface area contributed by atoms with Crippen molar-refractivity contribution in [1.82, 2.24) is 20.2 Å². The van der Waals surface area contributed by atoms with Crippen LogP contribution in [0.25, 0.3) is 0 Å². The first kappa shape index (κ1) is 21.9. The molecular formula is C21H30N4O6. The van der Waals surface area contributed by atoms with Crippen molar-refractivity contribution in [2.75, 3.05) is 33.9 Å². The summed E-state index contributed by atoms with van der Waals surface area (Å²) in [5.74, 6) is 2.15. The molecule has 2 saturated heterocycles. The fourth-order valence-electron chi connectivity index (χ4n) is 4.61. The minimum Gasteiger partial charge on any atom is -0.380 e. The predicted octanol–water partition coefficient (Wildman–Crippen LogP) is 2.30. The Labute approximate surface area is 181 Å². The Morgan fingerprint density at radius 2 is 1.94 bits per heavy atom. The van der Waals surface area contributed by atoms with Crippen LogP contribution in [0.5, 0.6) is 0 Å². The van der Waals surface area contributed by atoms with Crippen molar-refractivity contribution in [1.29, 1.82) is 0 Å². The number of nitrogens with zero attached hydrogens (tertiary/aromatic N) is 4. The number of hydrogen-bond donors (Lipinski definition) is 0. The molecule has 2 aliphatic heterocycles. The molecule has 1 unspecified atom stereocenters. The van der Waals surface area contributed by atoms with Crippen LogP contribution in [0.4, 0.5) is 0 Å². The van der Waals surface area contributed by atoms with Gasteiger partial charge in [-0.2, -0.15) is 4.98 Å². The van der Waals surface area contributed by atoms with Crippen LogP contribution in [-0.4, -0.2) is 65.6 Å². The third-order valence-corrected chi connectivity index (χ3v) is 6.28. The second-order valence-electron chi connectivity index (χ2n) is 8.42. The Balaban J connectivity index is 1.35. The summed E-state index contributed by atoms with van der Waals surface area (Å²) in [6.45, 7) is 4.39. The van der Waals surface area contributed by atoms with Crippen LogP contribution >= 0.6 is 0 Å². The third-order valence-electron chi connectivity index (χ3n) is 6.28. The molecule has 1 amide bonds. The van der Waals surface area contributed by atoms with Crippen molar-refractivity contribution in [2.45, 2.75) is 57.8 Å². The molecule has 10 nitrogen and oxygen atoms in total. The molecule has 0 saturated carbocycles. The number of piperidine rings is 1. The molecule has 4 heterocycles. The van der Waals surface area contributed by atoms with Crippen molar-refractivity contribution >= 4 is 5.91 Å². The van der Waals surface area contributed by atoms with Gasteiger partial charge in [0.1, 0.15) is 12.4 Å². The SMILES string of the molecule is COCc1nc(CC2CCOC3(CCN(C(=O)c4noc(C)c4COC)CC3)C2)no1. The number of aromatic nitrogens is 3. The van der Waals surface area contributed by atoms with Gasteiger partial charge in [0.15, 0.2) is 11.5 Å². The highest BCUT2D eigenvalue weighted by molar-refractivity contribution is 5.93. The Bertz CT molecular complexity index is 886. The van der Waals surface area contributed by atoms with Crippen molar-refractivity contribution < 1.29 is 28.1 Å². The monoisotopic (exact) mass is 434 g/mol. The van der Waals surface area contributed by atoms with Gasteiger partial charge in [0.05, 0.1) is 17.8 Å². The molecule has 31 heavy (non-hydrogen) atoms. The van der Waals surface area contributed by atoms with Crippen molar-refractivity contribution in [3.05, 3.63) is 28.7 Å². The summed E-state index contributed by atoms with van der Waals surface area (Å²) < 4.78 is 26.9. The van der Waals surface area contributed by atoms with Gasteiger partial charge in [-0.3, -0.25) is 4.79 Å². The van der Waals surface area contributed by atoms with E-state index >= 15 is 0 Å². The summed E-state index contributed by atoms with van der Waals surface area (Å²) >= 11 is 0. The third kappa shape index (κ3) is 4.81. The number of hydrogen-bond acceptors (Lipinski definition) is 9. The van der Waals surface area contributed by atoms with Gasteiger partial charge >= 0.3 is 0 Å². The molecule has 0 aliphatic carbocycles. The fraction of sp³-hybridized carbons (Fsp3) is 0.714. The highest BCUT2D eigenvalue weighted by Gasteiger charge is 2.42. The van der Waals surface area contributed by atoms with Crippen molar-refractivity contribution in [3.63, 3.8) is 0 Å². The number of amides is 1. The van der Waals surface area contributed by atoms with Gasteiger partial charge in [0.2, 0.25) is 0 Å². The molecule has 4 rings (SSSR count). The summed E-state index contributed by atoms with van der Waals surface area (Å²) in [4.78, 5) is 19.2. The Morgan fingerprint density at radius 3 is 2.68 bits per heavy atom. The molecule has 0 radical (unpaired) electrons. The van der Waals surface area contributed by atoms with Crippen LogP contribution in [-0.2, 0) is 33.8 Å². The number of carbonyl (C=O) groups is 1. The summed E-state index contributed by atoms with van der Waals surface area (Å²) in [5.41, 5.74) is 0.866. The number of aryl methyl sites for hydroxylation is 1. The number of methoxy groups -OCH3 is 2. The zero-order valence-electron chi connectivity index (χ0n) is 18.4. The Kier molecular flexibility index (Phi) is 6.68. The highest BCUT2D eigenvalue weighted by atomic mass is 16.5. The van der Waals surface area contributed by atoms with E-state index in [-0.39, 0.29) is 11.5 Å². The second kappa shape index (κ2) is 9.46. The van der Waals surface area contributed by atoms with Crippen LogP contribution < -0.4 is 0 Å². The van der Waals surface area contributed by atoms with E-state index in [0.717, 1.165) is 37.7 Å². The first-order chi connectivity index (χ1) is 15.0. The average Bonchev–Trinajstić information content (AvgIpc) is 3.35. The van der Waals surface area contributed by atoms with E-state index in [1.165, 1.54) is 0 Å². The van der Waals surface area contributed by atoms with Gasteiger partial charge < -0.3 is 28.2 Å². The zero-order valence-corrected chi connectivity index (χ0v) is 18.4. The molecule has 2 fully saturated rings. The van der Waals surface area contributed by atoms with E-state index in [9.17, 15) is 4.79 Å². The van der Waals surface area contributed by atoms with Crippen LogP contribution in [0.2, 0.25) is 0 Å². The van der Waals surface area contributed by atoms with E-state index in [1.807, 2.05) is 4.90 Å². The zero-order chi connectivity index (χ0) is 21.8. The molecule has 2 aliphatic rings. The first-order valence-corrected chi connectivity index (χ1v) is 10.7. The van der Waals surface area contributed by atoms with E-state index in [0.29, 0.717) is 62.0 Å². The summed E-state index contributed by atoms with van der Waals surface area (Å²) in [5, 5.41) is 8.05. The van der Waals surface area contributed by atoms with Gasteiger partial charge in [0.25, 0.3) is 11.8 Å². The van der Waals surface area contributed by atoms with Gasteiger partial charge in [-0.25, -0.2) is 0 Å². The normalized spacial score (nSPS) is 21.0. The quantitative estimate of drug-likeness (QED) is 0.647. The average molecular weight is 434 g/mol. The number of carbonyl (C=O) groups excluding carboxylic acids is 1. The van der Waals surface area contributed by atoms with E-state index in [4.69, 9.17) is 23.3 Å². The van der Waals surface area contributed by atoms with Crippen molar-refractivity contribution in [2.24, 2.45) is 5.92 Å². The second-order valence-corrected chi connectivity index (χ2v) is 8.42. The largest absolute Gasteiger partial charge is 0.380 e. The molecular weight excluding hydrogens is 404 g/mol. The molecule has 0 aromatic carbocycles. The molecule has 0 bridgehead atoms. The van der Waals surface area contributed by atoms with Crippen LogP contribution in [0.15, 0.2) is 9.05 Å². The number of likely N-dealkylation sites (tertiary alicyclic amines) is 1.